The molecule has 29 heavy (non-hydrogen) atoms. The third kappa shape index (κ3) is 6.84. The van der Waals surface area contributed by atoms with Gasteiger partial charge in [-0.15, -0.1) is 0 Å². The van der Waals surface area contributed by atoms with E-state index in [-0.39, 0.29) is 24.5 Å². The summed E-state index contributed by atoms with van der Waals surface area (Å²) in [5, 5.41) is 2.53. The molecule has 1 N–H and O–H groups in total. The second-order valence-corrected chi connectivity index (χ2v) is 5.64. The minimum atomic E-state index is -0.717. The van der Waals surface area contributed by atoms with Crippen LogP contribution in [-0.2, 0) is 19.1 Å². The molecule has 0 saturated heterocycles. The number of nitrogens with one attached hydrogen (secondary N) is 1. The lowest BCUT2D eigenvalue weighted by Gasteiger charge is -2.12. The SMILES string of the molecule is CCOC(=O)c1ccccc1NC(=O)COC(=O)COc1ccccc1OCC. The number of rotatable bonds is 10. The van der Waals surface area contributed by atoms with Gasteiger partial charge in [0, 0.05) is 0 Å². The van der Waals surface area contributed by atoms with Crippen LogP contribution in [0.3, 0.4) is 0 Å². The van der Waals surface area contributed by atoms with Crippen LogP contribution in [0.2, 0.25) is 0 Å². The summed E-state index contributed by atoms with van der Waals surface area (Å²) in [6.07, 6.45) is 0. The second kappa shape index (κ2) is 11.3. The normalized spacial score (nSPS) is 10.0. The number of anilines is 1. The summed E-state index contributed by atoms with van der Waals surface area (Å²) in [5.74, 6) is -0.952. The summed E-state index contributed by atoms with van der Waals surface area (Å²) < 4.78 is 20.6. The standard InChI is InChI=1S/C21H23NO7/c1-3-26-17-11-7-8-12-18(17)28-14-20(24)29-13-19(23)22-16-10-6-5-9-15(16)21(25)27-4-2/h5-12H,3-4,13-14H2,1-2H3,(H,22,23). The Morgan fingerprint density at radius 1 is 0.793 bits per heavy atom. The summed E-state index contributed by atoms with van der Waals surface area (Å²) in [5.41, 5.74) is 0.485. The van der Waals surface area contributed by atoms with Crippen LogP contribution in [0.1, 0.15) is 24.2 Å². The summed E-state index contributed by atoms with van der Waals surface area (Å²) >= 11 is 0. The molecule has 2 aromatic rings. The van der Waals surface area contributed by atoms with Crippen molar-refractivity contribution in [2.24, 2.45) is 0 Å². The van der Waals surface area contributed by atoms with Crippen LogP contribution in [0.5, 0.6) is 11.5 Å². The van der Waals surface area contributed by atoms with E-state index in [1.54, 1.807) is 49.4 Å². The lowest BCUT2D eigenvalue weighted by atomic mass is 10.2. The Bertz CT molecular complexity index is 850. The molecule has 8 heteroatoms. The van der Waals surface area contributed by atoms with Crippen molar-refractivity contribution in [3.05, 3.63) is 54.1 Å². The molecule has 0 aromatic heterocycles. The largest absolute Gasteiger partial charge is 0.490 e. The molecule has 2 aromatic carbocycles. The van der Waals surface area contributed by atoms with Crippen molar-refractivity contribution in [1.82, 2.24) is 0 Å². The molecule has 0 fully saturated rings. The number of esters is 2. The van der Waals surface area contributed by atoms with E-state index in [0.717, 1.165) is 0 Å². The average molecular weight is 401 g/mol. The Morgan fingerprint density at radius 3 is 2.14 bits per heavy atom. The topological polar surface area (TPSA) is 100 Å². The molecule has 1 amide bonds. The summed E-state index contributed by atoms with van der Waals surface area (Å²) in [6.45, 7) is 3.30. The summed E-state index contributed by atoms with van der Waals surface area (Å²) in [4.78, 5) is 35.8. The van der Waals surface area contributed by atoms with Gasteiger partial charge in [-0.1, -0.05) is 24.3 Å². The van der Waals surface area contributed by atoms with Crippen molar-refractivity contribution >= 4 is 23.5 Å². The molecule has 154 valence electrons. The molecule has 0 unspecified atom stereocenters. The van der Waals surface area contributed by atoms with Gasteiger partial charge >= 0.3 is 11.9 Å². The van der Waals surface area contributed by atoms with Crippen molar-refractivity contribution in [3.63, 3.8) is 0 Å². The van der Waals surface area contributed by atoms with Crippen molar-refractivity contribution < 1.29 is 33.3 Å². The van der Waals surface area contributed by atoms with E-state index in [4.69, 9.17) is 18.9 Å². The fourth-order valence-electron chi connectivity index (χ4n) is 2.33. The number of para-hydroxylation sites is 3. The predicted molar refractivity (Wildman–Crippen MR) is 105 cm³/mol. The number of amides is 1. The van der Waals surface area contributed by atoms with E-state index in [1.807, 2.05) is 6.92 Å². The van der Waals surface area contributed by atoms with E-state index in [0.29, 0.717) is 18.1 Å². The predicted octanol–water partition coefficient (Wildman–Crippen LogP) is 2.82. The highest BCUT2D eigenvalue weighted by atomic mass is 16.6. The van der Waals surface area contributed by atoms with E-state index < -0.39 is 24.5 Å². The van der Waals surface area contributed by atoms with Crippen LogP contribution in [0, 0.1) is 0 Å². The van der Waals surface area contributed by atoms with E-state index >= 15 is 0 Å². The zero-order valence-electron chi connectivity index (χ0n) is 16.3. The number of carbonyl (C=O) groups is 3. The first-order valence-electron chi connectivity index (χ1n) is 9.11. The van der Waals surface area contributed by atoms with Gasteiger partial charge in [-0.05, 0) is 38.1 Å². The Hall–Kier alpha value is -3.55. The third-order valence-electron chi connectivity index (χ3n) is 3.56. The first-order chi connectivity index (χ1) is 14.0. The average Bonchev–Trinajstić information content (AvgIpc) is 2.72. The molecule has 0 radical (unpaired) electrons. The highest BCUT2D eigenvalue weighted by Gasteiger charge is 2.15. The van der Waals surface area contributed by atoms with Gasteiger partial charge in [0.05, 0.1) is 24.5 Å². The first kappa shape index (κ1) is 21.7. The lowest BCUT2D eigenvalue weighted by molar-refractivity contribution is -0.149. The maximum absolute atomic E-state index is 12.1. The molecular weight excluding hydrogens is 378 g/mol. The third-order valence-corrected chi connectivity index (χ3v) is 3.56. The number of carbonyl (C=O) groups excluding carboxylic acids is 3. The molecule has 0 bridgehead atoms. The highest BCUT2D eigenvalue weighted by Crippen LogP contribution is 2.26. The summed E-state index contributed by atoms with van der Waals surface area (Å²) in [6, 6.07) is 13.3. The van der Waals surface area contributed by atoms with Gasteiger partial charge in [0.2, 0.25) is 0 Å². The van der Waals surface area contributed by atoms with Crippen LogP contribution >= 0.6 is 0 Å². The van der Waals surface area contributed by atoms with E-state index in [2.05, 4.69) is 5.32 Å². The molecule has 0 heterocycles. The molecule has 8 nitrogen and oxygen atoms in total. The van der Waals surface area contributed by atoms with Gasteiger partial charge in [-0.3, -0.25) is 4.79 Å². The molecule has 2 rings (SSSR count). The van der Waals surface area contributed by atoms with Gasteiger partial charge < -0.3 is 24.3 Å². The zero-order chi connectivity index (χ0) is 21.1. The summed E-state index contributed by atoms with van der Waals surface area (Å²) in [7, 11) is 0. The van der Waals surface area contributed by atoms with Gasteiger partial charge in [-0.25, -0.2) is 9.59 Å². The fourth-order valence-corrected chi connectivity index (χ4v) is 2.33. The zero-order valence-corrected chi connectivity index (χ0v) is 16.3. The Balaban J connectivity index is 1.84. The maximum Gasteiger partial charge on any atom is 0.344 e. The molecule has 0 aliphatic carbocycles. The highest BCUT2D eigenvalue weighted by molar-refractivity contribution is 6.01. The van der Waals surface area contributed by atoms with Crippen molar-refractivity contribution in [1.29, 1.82) is 0 Å². The minimum Gasteiger partial charge on any atom is -0.490 e. The minimum absolute atomic E-state index is 0.213. The smallest absolute Gasteiger partial charge is 0.344 e. The molecule has 0 aliphatic rings. The van der Waals surface area contributed by atoms with Gasteiger partial charge in [-0.2, -0.15) is 0 Å². The second-order valence-electron chi connectivity index (χ2n) is 5.64. The molecule has 0 atom stereocenters. The van der Waals surface area contributed by atoms with E-state index in [9.17, 15) is 14.4 Å². The lowest BCUT2D eigenvalue weighted by Crippen LogP contribution is -2.24. The monoisotopic (exact) mass is 401 g/mol. The molecular formula is C21H23NO7. The molecule has 0 spiro atoms. The first-order valence-corrected chi connectivity index (χ1v) is 9.11. The van der Waals surface area contributed by atoms with E-state index in [1.165, 1.54) is 6.07 Å². The van der Waals surface area contributed by atoms with Crippen LogP contribution < -0.4 is 14.8 Å². The van der Waals surface area contributed by atoms with Crippen LogP contribution in [0.4, 0.5) is 5.69 Å². The number of hydrogen-bond acceptors (Lipinski definition) is 7. The van der Waals surface area contributed by atoms with Gasteiger partial charge in [0.1, 0.15) is 0 Å². The Morgan fingerprint density at radius 2 is 1.45 bits per heavy atom. The Labute approximate surface area is 168 Å². The van der Waals surface area contributed by atoms with Crippen molar-refractivity contribution in [2.45, 2.75) is 13.8 Å². The fraction of sp³-hybridized carbons (Fsp3) is 0.286. The number of benzene rings is 2. The Kier molecular flexibility index (Phi) is 8.50. The van der Waals surface area contributed by atoms with Crippen LogP contribution in [0.15, 0.2) is 48.5 Å². The molecule has 0 aliphatic heterocycles. The van der Waals surface area contributed by atoms with Crippen LogP contribution in [-0.4, -0.2) is 44.3 Å². The van der Waals surface area contributed by atoms with Crippen molar-refractivity contribution in [2.75, 3.05) is 31.7 Å². The quantitative estimate of drug-likeness (QED) is 0.611. The van der Waals surface area contributed by atoms with Crippen molar-refractivity contribution in [3.8, 4) is 11.5 Å². The number of ether oxygens (including phenoxy) is 4. The molecule has 0 saturated carbocycles. The number of hydrogen-bond donors (Lipinski definition) is 1. The van der Waals surface area contributed by atoms with Crippen LogP contribution in [0.25, 0.3) is 0 Å². The van der Waals surface area contributed by atoms with Gasteiger partial charge in [0.15, 0.2) is 24.7 Å². The van der Waals surface area contributed by atoms with Gasteiger partial charge in [0.25, 0.3) is 5.91 Å². The maximum atomic E-state index is 12.1.